The van der Waals surface area contributed by atoms with Gasteiger partial charge in [0.05, 0.1) is 5.39 Å². The van der Waals surface area contributed by atoms with Crippen LogP contribution >= 0.6 is 0 Å². The van der Waals surface area contributed by atoms with Gasteiger partial charge in [0.1, 0.15) is 23.6 Å². The summed E-state index contributed by atoms with van der Waals surface area (Å²) in [7, 11) is 0. The van der Waals surface area contributed by atoms with Crippen LogP contribution in [-0.4, -0.2) is 21.1 Å². The molecule has 0 radical (unpaired) electrons. The largest absolute Gasteiger partial charge is 0.383 e. The summed E-state index contributed by atoms with van der Waals surface area (Å²) >= 11 is 0. The minimum atomic E-state index is -0.273. The summed E-state index contributed by atoms with van der Waals surface area (Å²) in [6, 6.07) is 6.87. The van der Waals surface area contributed by atoms with Gasteiger partial charge in [-0.25, -0.2) is 14.4 Å². The lowest BCUT2D eigenvalue weighted by atomic mass is 9.80. The molecule has 2 heterocycles. The van der Waals surface area contributed by atoms with Crippen molar-refractivity contribution in [3.8, 4) is 11.1 Å². The number of rotatable bonds is 3. The highest BCUT2D eigenvalue weighted by Gasteiger charge is 2.31. The topological polar surface area (TPSA) is 82.8 Å². The fraction of sp³-hybridized carbons (Fsp3) is 0.294. The second-order valence-electron chi connectivity index (χ2n) is 6.14. The lowest BCUT2D eigenvalue weighted by Crippen LogP contribution is -2.31. The first kappa shape index (κ1) is 14.1. The standard InChI is InChI=1S/C17H18FN5/c18-12-3-1-2-11(6-12)14-8-23(13-4-10(5-13)7-19)17-15(14)16(20)21-9-22-17/h1-3,6,8-10,13H,4-5,7,19H2,(H2,20,21,22)/t10-,13-. The first-order valence-electron chi connectivity index (χ1n) is 7.74. The van der Waals surface area contributed by atoms with Crippen LogP contribution < -0.4 is 11.5 Å². The van der Waals surface area contributed by atoms with Crippen molar-refractivity contribution in [2.75, 3.05) is 12.3 Å². The van der Waals surface area contributed by atoms with Crippen LogP contribution in [0.1, 0.15) is 18.9 Å². The molecule has 4 N–H and O–H groups in total. The van der Waals surface area contributed by atoms with Crippen molar-refractivity contribution in [1.82, 2.24) is 14.5 Å². The van der Waals surface area contributed by atoms with Crippen molar-refractivity contribution in [2.45, 2.75) is 18.9 Å². The molecule has 0 aliphatic heterocycles. The number of nitrogens with zero attached hydrogens (tertiary/aromatic N) is 3. The molecule has 1 fully saturated rings. The Labute approximate surface area is 133 Å². The van der Waals surface area contributed by atoms with E-state index < -0.39 is 0 Å². The van der Waals surface area contributed by atoms with E-state index in [2.05, 4.69) is 14.5 Å². The molecule has 1 aliphatic rings. The lowest BCUT2D eigenvalue weighted by Gasteiger charge is -2.35. The molecule has 0 bridgehead atoms. The van der Waals surface area contributed by atoms with Crippen molar-refractivity contribution < 1.29 is 4.39 Å². The van der Waals surface area contributed by atoms with Crippen molar-refractivity contribution in [3.63, 3.8) is 0 Å². The van der Waals surface area contributed by atoms with Gasteiger partial charge in [-0.05, 0) is 43.0 Å². The summed E-state index contributed by atoms with van der Waals surface area (Å²) in [4.78, 5) is 8.51. The van der Waals surface area contributed by atoms with Gasteiger partial charge in [0.25, 0.3) is 0 Å². The Morgan fingerprint density at radius 2 is 2.09 bits per heavy atom. The Morgan fingerprint density at radius 1 is 1.26 bits per heavy atom. The third-order valence-electron chi connectivity index (χ3n) is 4.71. The number of benzene rings is 1. The predicted octanol–water partition coefficient (Wildman–Crippen LogP) is 2.73. The molecule has 3 aromatic rings. The quantitative estimate of drug-likeness (QED) is 0.779. The molecule has 118 valence electrons. The molecule has 1 saturated carbocycles. The van der Waals surface area contributed by atoms with E-state index in [1.165, 1.54) is 18.5 Å². The number of nitrogen functional groups attached to an aromatic ring is 1. The Bertz CT molecular complexity index is 867. The van der Waals surface area contributed by atoms with Crippen molar-refractivity contribution in [3.05, 3.63) is 42.6 Å². The van der Waals surface area contributed by atoms with Gasteiger partial charge in [-0.1, -0.05) is 12.1 Å². The van der Waals surface area contributed by atoms with Crippen LogP contribution in [0.2, 0.25) is 0 Å². The minimum Gasteiger partial charge on any atom is -0.383 e. The van der Waals surface area contributed by atoms with Crippen LogP contribution in [0.15, 0.2) is 36.8 Å². The summed E-state index contributed by atoms with van der Waals surface area (Å²) in [5.41, 5.74) is 14.3. The van der Waals surface area contributed by atoms with E-state index in [1.54, 1.807) is 6.07 Å². The molecule has 0 atom stereocenters. The fourth-order valence-corrected chi connectivity index (χ4v) is 3.38. The number of anilines is 1. The Hall–Kier alpha value is -2.47. The summed E-state index contributed by atoms with van der Waals surface area (Å²) in [6.07, 6.45) is 5.56. The number of hydrogen-bond acceptors (Lipinski definition) is 4. The van der Waals surface area contributed by atoms with Crippen molar-refractivity contribution in [1.29, 1.82) is 0 Å². The molecule has 5 nitrogen and oxygen atoms in total. The SMILES string of the molecule is NC[C@H]1C[C@H](n2cc(-c3cccc(F)c3)c3c(N)ncnc32)C1. The van der Waals surface area contributed by atoms with Gasteiger partial charge in [0.2, 0.25) is 0 Å². The highest BCUT2D eigenvalue weighted by molar-refractivity contribution is 6.00. The van der Waals surface area contributed by atoms with Gasteiger partial charge >= 0.3 is 0 Å². The Balaban J connectivity index is 1.88. The van der Waals surface area contributed by atoms with E-state index in [-0.39, 0.29) is 5.82 Å². The Kier molecular flexibility index (Phi) is 3.27. The highest BCUT2D eigenvalue weighted by atomic mass is 19.1. The van der Waals surface area contributed by atoms with Crippen LogP contribution in [0.5, 0.6) is 0 Å². The van der Waals surface area contributed by atoms with Gasteiger partial charge in [-0.15, -0.1) is 0 Å². The third kappa shape index (κ3) is 2.26. The van der Waals surface area contributed by atoms with E-state index in [1.807, 2.05) is 12.3 Å². The number of halogens is 1. The molecule has 0 spiro atoms. The number of nitrogens with two attached hydrogens (primary N) is 2. The molecule has 4 rings (SSSR count). The maximum atomic E-state index is 13.6. The third-order valence-corrected chi connectivity index (χ3v) is 4.71. The zero-order chi connectivity index (χ0) is 16.0. The van der Waals surface area contributed by atoms with E-state index >= 15 is 0 Å². The normalized spacial score (nSPS) is 20.6. The first-order chi connectivity index (χ1) is 11.2. The molecule has 1 aromatic carbocycles. The molecule has 23 heavy (non-hydrogen) atoms. The molecule has 0 amide bonds. The second kappa shape index (κ2) is 5.31. The van der Waals surface area contributed by atoms with Crippen LogP contribution in [-0.2, 0) is 0 Å². The summed E-state index contributed by atoms with van der Waals surface area (Å²) in [5.74, 6) is 0.711. The smallest absolute Gasteiger partial charge is 0.146 e. The molecule has 6 heteroatoms. The van der Waals surface area contributed by atoms with E-state index in [4.69, 9.17) is 11.5 Å². The molecular weight excluding hydrogens is 293 g/mol. The van der Waals surface area contributed by atoms with Crippen LogP contribution in [0.3, 0.4) is 0 Å². The molecule has 0 unspecified atom stereocenters. The summed E-state index contributed by atoms with van der Waals surface area (Å²) in [6.45, 7) is 0.712. The van der Waals surface area contributed by atoms with Gasteiger partial charge in [0, 0.05) is 17.8 Å². The van der Waals surface area contributed by atoms with Crippen molar-refractivity contribution in [2.24, 2.45) is 11.7 Å². The fourth-order valence-electron chi connectivity index (χ4n) is 3.38. The van der Waals surface area contributed by atoms with Gasteiger partial charge in [0.15, 0.2) is 0 Å². The average Bonchev–Trinajstić information content (AvgIpc) is 2.87. The molecule has 0 saturated heterocycles. The van der Waals surface area contributed by atoms with Crippen LogP contribution in [0, 0.1) is 11.7 Å². The van der Waals surface area contributed by atoms with Gasteiger partial charge in [-0.2, -0.15) is 0 Å². The van der Waals surface area contributed by atoms with E-state index in [9.17, 15) is 4.39 Å². The first-order valence-corrected chi connectivity index (χ1v) is 7.74. The average molecular weight is 311 g/mol. The van der Waals surface area contributed by atoms with Gasteiger partial charge in [-0.3, -0.25) is 0 Å². The predicted molar refractivity (Wildman–Crippen MR) is 88.1 cm³/mol. The molecule has 1 aliphatic carbocycles. The molecule has 2 aromatic heterocycles. The van der Waals surface area contributed by atoms with Crippen LogP contribution in [0.4, 0.5) is 10.2 Å². The molecular formula is C17H18FN5. The minimum absolute atomic E-state index is 0.273. The highest BCUT2D eigenvalue weighted by Crippen LogP contribution is 2.42. The zero-order valence-corrected chi connectivity index (χ0v) is 12.6. The maximum absolute atomic E-state index is 13.6. The van der Waals surface area contributed by atoms with Crippen molar-refractivity contribution >= 4 is 16.9 Å². The van der Waals surface area contributed by atoms with Crippen LogP contribution in [0.25, 0.3) is 22.2 Å². The summed E-state index contributed by atoms with van der Waals surface area (Å²) in [5, 5.41) is 0.786. The number of hydrogen-bond donors (Lipinski definition) is 2. The number of fused-ring (bicyclic) bond motifs is 1. The monoisotopic (exact) mass is 311 g/mol. The summed E-state index contributed by atoms with van der Waals surface area (Å²) < 4.78 is 15.7. The van der Waals surface area contributed by atoms with E-state index in [0.29, 0.717) is 24.3 Å². The maximum Gasteiger partial charge on any atom is 0.146 e. The van der Waals surface area contributed by atoms with E-state index in [0.717, 1.165) is 35.0 Å². The van der Waals surface area contributed by atoms with Gasteiger partial charge < -0.3 is 16.0 Å². The Morgan fingerprint density at radius 3 is 2.83 bits per heavy atom. The zero-order valence-electron chi connectivity index (χ0n) is 12.6. The number of aromatic nitrogens is 3. The second-order valence-corrected chi connectivity index (χ2v) is 6.14. The lowest BCUT2D eigenvalue weighted by molar-refractivity contribution is 0.209.